The van der Waals surface area contributed by atoms with Crippen molar-refractivity contribution in [3.05, 3.63) is 60.3 Å². The smallest absolute Gasteiger partial charge is 0.132 e. The van der Waals surface area contributed by atoms with Gasteiger partial charge in [-0.25, -0.2) is 0 Å². The van der Waals surface area contributed by atoms with E-state index in [1.54, 1.807) is 25.1 Å². The highest BCUT2D eigenvalue weighted by Gasteiger charge is 2.07. The number of hydrogen-bond donors (Lipinski definition) is 1. The quantitative estimate of drug-likeness (QED) is 0.581. The van der Waals surface area contributed by atoms with Crippen LogP contribution in [0.1, 0.15) is 5.56 Å². The van der Waals surface area contributed by atoms with Crippen molar-refractivity contribution >= 4 is 28.4 Å². The molecular weight excluding hydrogens is 280 g/mol. The third-order valence-corrected chi connectivity index (χ3v) is 4.44. The number of anilines is 1. The molecule has 0 aliphatic heterocycles. The summed E-state index contributed by atoms with van der Waals surface area (Å²) in [6.45, 7) is 0. The van der Waals surface area contributed by atoms with Crippen molar-refractivity contribution in [2.75, 3.05) is 12.8 Å². The van der Waals surface area contributed by atoms with Crippen molar-refractivity contribution < 1.29 is 4.74 Å². The Kier molecular flexibility index (Phi) is 3.97. The Morgan fingerprint density at radius 3 is 2.81 bits per heavy atom. The van der Waals surface area contributed by atoms with Gasteiger partial charge in [-0.3, -0.25) is 4.98 Å². The molecule has 21 heavy (non-hydrogen) atoms. The molecule has 4 heteroatoms. The normalized spacial score (nSPS) is 10.7. The zero-order valence-electron chi connectivity index (χ0n) is 11.7. The van der Waals surface area contributed by atoms with Gasteiger partial charge in [-0.15, -0.1) is 11.8 Å². The Morgan fingerprint density at radius 1 is 1.10 bits per heavy atom. The highest BCUT2D eigenvalue weighted by molar-refractivity contribution is 7.98. The maximum absolute atomic E-state index is 6.01. The van der Waals surface area contributed by atoms with Crippen molar-refractivity contribution in [2.45, 2.75) is 10.6 Å². The third-order valence-electron chi connectivity index (χ3n) is 3.34. The number of para-hydroxylation sites is 1. The zero-order chi connectivity index (χ0) is 14.7. The van der Waals surface area contributed by atoms with Crippen LogP contribution in [0.5, 0.6) is 5.75 Å². The van der Waals surface area contributed by atoms with Gasteiger partial charge >= 0.3 is 0 Å². The van der Waals surface area contributed by atoms with Crippen LogP contribution in [0, 0.1) is 0 Å². The maximum Gasteiger partial charge on any atom is 0.132 e. The van der Waals surface area contributed by atoms with Gasteiger partial charge in [0.1, 0.15) is 5.75 Å². The molecule has 0 amide bonds. The molecule has 0 radical (unpaired) electrons. The first kappa shape index (κ1) is 13.8. The number of nitrogens with two attached hydrogens (primary N) is 1. The molecule has 0 unspecified atom stereocenters. The Labute approximate surface area is 128 Å². The van der Waals surface area contributed by atoms with E-state index in [0.717, 1.165) is 33.0 Å². The molecule has 1 heterocycles. The molecule has 0 spiro atoms. The van der Waals surface area contributed by atoms with Gasteiger partial charge in [-0.2, -0.15) is 0 Å². The number of pyridine rings is 1. The summed E-state index contributed by atoms with van der Waals surface area (Å²) < 4.78 is 5.38. The van der Waals surface area contributed by atoms with Crippen LogP contribution in [0.15, 0.2) is 59.6 Å². The van der Waals surface area contributed by atoms with Crippen LogP contribution in [0.25, 0.3) is 10.9 Å². The molecule has 0 aliphatic rings. The minimum absolute atomic E-state index is 0.768. The fourth-order valence-electron chi connectivity index (χ4n) is 2.26. The molecule has 3 rings (SSSR count). The molecule has 0 aliphatic carbocycles. The first-order valence-corrected chi connectivity index (χ1v) is 7.66. The number of fused-ring (bicyclic) bond motifs is 1. The van der Waals surface area contributed by atoms with Crippen molar-refractivity contribution in [3.8, 4) is 5.75 Å². The monoisotopic (exact) mass is 296 g/mol. The minimum Gasteiger partial charge on any atom is -0.496 e. The molecule has 3 aromatic rings. The van der Waals surface area contributed by atoms with Gasteiger partial charge in [0.25, 0.3) is 0 Å². The Hall–Kier alpha value is -2.20. The van der Waals surface area contributed by atoms with Gasteiger partial charge in [0, 0.05) is 27.9 Å². The van der Waals surface area contributed by atoms with E-state index in [-0.39, 0.29) is 0 Å². The van der Waals surface area contributed by atoms with Gasteiger partial charge in [-0.05, 0) is 35.9 Å². The number of ether oxygens (including phenoxy) is 1. The molecule has 3 nitrogen and oxygen atoms in total. The Bertz CT molecular complexity index is 774. The number of nitrogens with zero attached hydrogens (tertiary/aromatic N) is 1. The lowest BCUT2D eigenvalue weighted by atomic mass is 10.1. The SMILES string of the molecule is COc1ccccc1SCc1ccc(N)c2cccnc12. The van der Waals surface area contributed by atoms with E-state index < -0.39 is 0 Å². The number of benzene rings is 2. The average molecular weight is 296 g/mol. The second kappa shape index (κ2) is 6.06. The Morgan fingerprint density at radius 2 is 1.95 bits per heavy atom. The number of rotatable bonds is 4. The van der Waals surface area contributed by atoms with Crippen LogP contribution < -0.4 is 10.5 Å². The minimum atomic E-state index is 0.768. The maximum atomic E-state index is 6.01. The van der Waals surface area contributed by atoms with Gasteiger partial charge in [0.15, 0.2) is 0 Å². The van der Waals surface area contributed by atoms with Crippen LogP contribution in [0.3, 0.4) is 0 Å². The van der Waals surface area contributed by atoms with E-state index in [1.807, 2.05) is 42.5 Å². The van der Waals surface area contributed by atoms with Crippen LogP contribution >= 0.6 is 11.8 Å². The highest BCUT2D eigenvalue weighted by Crippen LogP contribution is 2.33. The summed E-state index contributed by atoms with van der Waals surface area (Å²) in [4.78, 5) is 5.60. The first-order chi connectivity index (χ1) is 10.3. The molecule has 0 fully saturated rings. The second-order valence-electron chi connectivity index (χ2n) is 4.65. The fourth-order valence-corrected chi connectivity index (χ4v) is 3.28. The van der Waals surface area contributed by atoms with E-state index in [2.05, 4.69) is 11.1 Å². The summed E-state index contributed by atoms with van der Waals surface area (Å²) in [6.07, 6.45) is 1.80. The summed E-state index contributed by atoms with van der Waals surface area (Å²) in [7, 11) is 1.69. The standard InChI is InChI=1S/C17H16N2OS/c1-20-15-6-2-3-7-16(15)21-11-12-8-9-14(18)13-5-4-10-19-17(12)13/h2-10H,11,18H2,1H3. The van der Waals surface area contributed by atoms with Crippen molar-refractivity contribution in [3.63, 3.8) is 0 Å². The predicted octanol–water partition coefficient (Wildman–Crippen LogP) is 4.12. The molecule has 2 aromatic carbocycles. The summed E-state index contributed by atoms with van der Waals surface area (Å²) >= 11 is 1.74. The summed E-state index contributed by atoms with van der Waals surface area (Å²) in [5.41, 5.74) is 8.93. The molecule has 0 saturated carbocycles. The van der Waals surface area contributed by atoms with Gasteiger partial charge in [0.2, 0.25) is 0 Å². The Balaban J connectivity index is 1.91. The van der Waals surface area contributed by atoms with E-state index in [1.165, 1.54) is 5.56 Å². The first-order valence-electron chi connectivity index (χ1n) is 6.67. The van der Waals surface area contributed by atoms with E-state index >= 15 is 0 Å². The van der Waals surface area contributed by atoms with Crippen molar-refractivity contribution in [1.29, 1.82) is 0 Å². The average Bonchev–Trinajstić information content (AvgIpc) is 2.55. The highest BCUT2D eigenvalue weighted by atomic mass is 32.2. The predicted molar refractivity (Wildman–Crippen MR) is 88.7 cm³/mol. The lowest BCUT2D eigenvalue weighted by Crippen LogP contribution is -1.93. The van der Waals surface area contributed by atoms with Crippen LogP contribution in [-0.4, -0.2) is 12.1 Å². The molecule has 0 bridgehead atoms. The second-order valence-corrected chi connectivity index (χ2v) is 5.67. The zero-order valence-corrected chi connectivity index (χ0v) is 12.6. The molecule has 106 valence electrons. The van der Waals surface area contributed by atoms with Crippen LogP contribution in [0.4, 0.5) is 5.69 Å². The van der Waals surface area contributed by atoms with E-state index in [4.69, 9.17) is 10.5 Å². The van der Waals surface area contributed by atoms with Crippen molar-refractivity contribution in [2.24, 2.45) is 0 Å². The fraction of sp³-hybridized carbons (Fsp3) is 0.118. The summed E-state index contributed by atoms with van der Waals surface area (Å²) in [6, 6.07) is 15.9. The van der Waals surface area contributed by atoms with Crippen LogP contribution in [-0.2, 0) is 5.75 Å². The summed E-state index contributed by atoms with van der Waals surface area (Å²) in [5, 5.41) is 1.01. The molecule has 2 N–H and O–H groups in total. The number of aromatic nitrogens is 1. The topological polar surface area (TPSA) is 48.1 Å². The number of methoxy groups -OCH3 is 1. The molecule has 0 atom stereocenters. The lowest BCUT2D eigenvalue weighted by Gasteiger charge is -2.10. The lowest BCUT2D eigenvalue weighted by molar-refractivity contribution is 0.405. The van der Waals surface area contributed by atoms with E-state index in [9.17, 15) is 0 Å². The van der Waals surface area contributed by atoms with Crippen LogP contribution in [0.2, 0.25) is 0 Å². The number of nitrogen functional groups attached to an aromatic ring is 1. The largest absolute Gasteiger partial charge is 0.496 e. The number of hydrogen-bond acceptors (Lipinski definition) is 4. The molecule has 0 saturated heterocycles. The summed E-state index contributed by atoms with van der Waals surface area (Å²) in [5.74, 6) is 1.73. The van der Waals surface area contributed by atoms with Gasteiger partial charge in [0.05, 0.1) is 12.6 Å². The number of thioether (sulfide) groups is 1. The third kappa shape index (κ3) is 2.81. The molecular formula is C17H16N2OS. The molecule has 1 aromatic heterocycles. The van der Waals surface area contributed by atoms with E-state index in [0.29, 0.717) is 0 Å². The van der Waals surface area contributed by atoms with Crippen molar-refractivity contribution in [1.82, 2.24) is 4.98 Å². The van der Waals surface area contributed by atoms with Gasteiger partial charge < -0.3 is 10.5 Å². The van der Waals surface area contributed by atoms with Gasteiger partial charge in [-0.1, -0.05) is 18.2 Å².